The maximum atomic E-state index is 6.43. The highest BCUT2D eigenvalue weighted by Gasteiger charge is 2.15. The first-order valence-electron chi connectivity index (χ1n) is 8.94. The molecule has 3 nitrogen and oxygen atoms in total. The predicted octanol–water partition coefficient (Wildman–Crippen LogP) is 6.22. The topological polar surface area (TPSA) is 35.0 Å². The van der Waals surface area contributed by atoms with Gasteiger partial charge in [0.05, 0.1) is 11.4 Å². The van der Waals surface area contributed by atoms with Crippen molar-refractivity contribution in [3.63, 3.8) is 0 Å². The van der Waals surface area contributed by atoms with Crippen LogP contribution in [0.15, 0.2) is 85.2 Å². The molecule has 0 aliphatic rings. The molecule has 0 atom stereocenters. The number of rotatable bonds is 4. The Balaban J connectivity index is 1.84. The third kappa shape index (κ3) is 3.44. The van der Waals surface area contributed by atoms with Crippen molar-refractivity contribution in [3.8, 4) is 34.0 Å². The maximum Gasteiger partial charge on any atom is 0.137 e. The minimum absolute atomic E-state index is 0.788. The summed E-state index contributed by atoms with van der Waals surface area (Å²) in [7, 11) is 0. The van der Waals surface area contributed by atoms with Crippen molar-refractivity contribution < 1.29 is 4.74 Å². The Morgan fingerprint density at radius 1 is 0.556 bits per heavy atom. The fourth-order valence-electron chi connectivity index (χ4n) is 3.25. The molecule has 0 aliphatic heterocycles. The van der Waals surface area contributed by atoms with Crippen LogP contribution in [-0.4, -0.2) is 9.97 Å². The Labute approximate surface area is 159 Å². The molecule has 0 N–H and O–H groups in total. The first-order chi connectivity index (χ1) is 13.2. The summed E-state index contributed by atoms with van der Waals surface area (Å²) in [6.45, 7) is 4.15. The lowest BCUT2D eigenvalue weighted by molar-refractivity contribution is 0.485. The summed E-state index contributed by atoms with van der Waals surface area (Å²) in [4.78, 5) is 9.04. The van der Waals surface area contributed by atoms with Gasteiger partial charge in [-0.15, -0.1) is 0 Å². The summed E-state index contributed by atoms with van der Waals surface area (Å²) < 4.78 is 6.43. The summed E-state index contributed by atoms with van der Waals surface area (Å²) in [6.07, 6.45) is 3.61. The zero-order valence-corrected chi connectivity index (χ0v) is 15.4. The SMILES string of the molecule is Cc1cccc(Oc2cccc(C)c2-c2ccccn2)c1-c1ccccn1. The minimum Gasteiger partial charge on any atom is -0.456 e. The second-order valence-corrected chi connectivity index (χ2v) is 6.43. The van der Waals surface area contributed by atoms with Crippen LogP contribution in [0.3, 0.4) is 0 Å². The van der Waals surface area contributed by atoms with Gasteiger partial charge in [0.1, 0.15) is 11.5 Å². The van der Waals surface area contributed by atoms with Gasteiger partial charge in [0.2, 0.25) is 0 Å². The number of aryl methyl sites for hydroxylation is 2. The van der Waals surface area contributed by atoms with Crippen molar-refractivity contribution in [1.29, 1.82) is 0 Å². The average molecular weight is 352 g/mol. The molecule has 0 spiro atoms. The Morgan fingerprint density at radius 3 is 1.44 bits per heavy atom. The molecular weight excluding hydrogens is 332 g/mol. The van der Waals surface area contributed by atoms with Gasteiger partial charge in [-0.3, -0.25) is 9.97 Å². The van der Waals surface area contributed by atoms with Gasteiger partial charge >= 0.3 is 0 Å². The van der Waals surface area contributed by atoms with E-state index in [2.05, 4.69) is 35.9 Å². The average Bonchev–Trinajstić information content (AvgIpc) is 2.70. The van der Waals surface area contributed by atoms with E-state index in [1.807, 2.05) is 60.7 Å². The Hall–Kier alpha value is -3.46. The first-order valence-corrected chi connectivity index (χ1v) is 8.94. The van der Waals surface area contributed by atoms with Gasteiger partial charge in [-0.1, -0.05) is 36.4 Å². The van der Waals surface area contributed by atoms with E-state index in [4.69, 9.17) is 4.74 Å². The molecule has 0 saturated heterocycles. The molecule has 0 aliphatic carbocycles. The van der Waals surface area contributed by atoms with Crippen LogP contribution in [0.25, 0.3) is 22.5 Å². The van der Waals surface area contributed by atoms with Crippen LogP contribution in [0.5, 0.6) is 11.5 Å². The van der Waals surface area contributed by atoms with E-state index in [0.717, 1.165) is 45.1 Å². The number of aromatic nitrogens is 2. The van der Waals surface area contributed by atoms with Crippen molar-refractivity contribution in [3.05, 3.63) is 96.3 Å². The van der Waals surface area contributed by atoms with Gasteiger partial charge in [0, 0.05) is 23.5 Å². The summed E-state index contributed by atoms with van der Waals surface area (Å²) in [5, 5.41) is 0. The summed E-state index contributed by atoms with van der Waals surface area (Å²) in [5.41, 5.74) is 6.06. The molecule has 0 radical (unpaired) electrons. The fraction of sp³-hybridized carbons (Fsp3) is 0.0833. The number of hydrogen-bond acceptors (Lipinski definition) is 3. The number of ether oxygens (including phenoxy) is 1. The molecule has 3 heteroatoms. The van der Waals surface area contributed by atoms with Crippen molar-refractivity contribution in [2.24, 2.45) is 0 Å². The second-order valence-electron chi connectivity index (χ2n) is 6.43. The van der Waals surface area contributed by atoms with Crippen LogP contribution in [0.2, 0.25) is 0 Å². The lowest BCUT2D eigenvalue weighted by atomic mass is 10.0. The molecule has 0 amide bonds. The lowest BCUT2D eigenvalue weighted by Crippen LogP contribution is -1.96. The lowest BCUT2D eigenvalue weighted by Gasteiger charge is -2.17. The quantitative estimate of drug-likeness (QED) is 0.437. The molecule has 132 valence electrons. The summed E-state index contributed by atoms with van der Waals surface area (Å²) in [6, 6.07) is 24.0. The van der Waals surface area contributed by atoms with Crippen LogP contribution >= 0.6 is 0 Å². The molecule has 0 bridgehead atoms. The normalized spacial score (nSPS) is 10.6. The molecule has 2 heterocycles. The molecule has 4 aromatic rings. The molecule has 4 rings (SSSR count). The number of benzene rings is 2. The van der Waals surface area contributed by atoms with Gasteiger partial charge in [0.15, 0.2) is 0 Å². The van der Waals surface area contributed by atoms with Gasteiger partial charge in [-0.25, -0.2) is 0 Å². The zero-order chi connectivity index (χ0) is 18.6. The van der Waals surface area contributed by atoms with Crippen LogP contribution in [0.4, 0.5) is 0 Å². The van der Waals surface area contributed by atoms with Crippen LogP contribution < -0.4 is 4.74 Å². The molecular formula is C24H20N2O. The monoisotopic (exact) mass is 352 g/mol. The van der Waals surface area contributed by atoms with Gasteiger partial charge in [0.25, 0.3) is 0 Å². The van der Waals surface area contributed by atoms with E-state index in [-0.39, 0.29) is 0 Å². The molecule has 0 fully saturated rings. The predicted molar refractivity (Wildman–Crippen MR) is 109 cm³/mol. The van der Waals surface area contributed by atoms with E-state index in [9.17, 15) is 0 Å². The molecule has 0 saturated carbocycles. The third-order valence-electron chi connectivity index (χ3n) is 4.53. The van der Waals surface area contributed by atoms with Crippen molar-refractivity contribution in [1.82, 2.24) is 9.97 Å². The Bertz CT molecular complexity index is 973. The Morgan fingerprint density at radius 2 is 1.04 bits per heavy atom. The van der Waals surface area contributed by atoms with Gasteiger partial charge < -0.3 is 4.74 Å². The fourth-order valence-corrected chi connectivity index (χ4v) is 3.25. The summed E-state index contributed by atoms with van der Waals surface area (Å²) in [5.74, 6) is 1.58. The third-order valence-corrected chi connectivity index (χ3v) is 4.53. The number of hydrogen-bond donors (Lipinski definition) is 0. The zero-order valence-electron chi connectivity index (χ0n) is 15.4. The van der Waals surface area contributed by atoms with Gasteiger partial charge in [-0.2, -0.15) is 0 Å². The van der Waals surface area contributed by atoms with Crippen LogP contribution in [-0.2, 0) is 0 Å². The van der Waals surface area contributed by atoms with Crippen LogP contribution in [0, 0.1) is 13.8 Å². The highest BCUT2D eigenvalue weighted by atomic mass is 16.5. The molecule has 2 aromatic heterocycles. The van der Waals surface area contributed by atoms with E-state index in [1.165, 1.54) is 0 Å². The molecule has 0 unspecified atom stereocenters. The van der Waals surface area contributed by atoms with E-state index < -0.39 is 0 Å². The molecule has 2 aromatic carbocycles. The maximum absolute atomic E-state index is 6.43. The van der Waals surface area contributed by atoms with E-state index in [1.54, 1.807) is 12.4 Å². The van der Waals surface area contributed by atoms with Gasteiger partial charge in [-0.05, 0) is 61.4 Å². The van der Waals surface area contributed by atoms with E-state index in [0.29, 0.717) is 0 Å². The van der Waals surface area contributed by atoms with Crippen molar-refractivity contribution in [2.45, 2.75) is 13.8 Å². The Kier molecular flexibility index (Phi) is 4.67. The largest absolute Gasteiger partial charge is 0.456 e. The highest BCUT2D eigenvalue weighted by Crippen LogP contribution is 2.39. The van der Waals surface area contributed by atoms with Crippen molar-refractivity contribution in [2.75, 3.05) is 0 Å². The van der Waals surface area contributed by atoms with E-state index >= 15 is 0 Å². The highest BCUT2D eigenvalue weighted by molar-refractivity contribution is 5.74. The first kappa shape index (κ1) is 17.0. The summed E-state index contributed by atoms with van der Waals surface area (Å²) >= 11 is 0. The van der Waals surface area contributed by atoms with Crippen LogP contribution in [0.1, 0.15) is 11.1 Å². The minimum atomic E-state index is 0.788. The standard InChI is InChI=1S/C24H20N2O/c1-17-9-7-13-21(23(17)19-11-3-5-15-25-19)27-22-14-8-10-18(2)24(22)20-12-4-6-16-26-20/h3-16H,1-2H3. The smallest absolute Gasteiger partial charge is 0.137 e. The number of pyridine rings is 2. The second kappa shape index (κ2) is 7.42. The molecule has 27 heavy (non-hydrogen) atoms. The number of nitrogens with zero attached hydrogens (tertiary/aromatic N) is 2. The van der Waals surface area contributed by atoms with Crippen molar-refractivity contribution >= 4 is 0 Å².